The zero-order chi connectivity index (χ0) is 0. The molecule has 4 N–H and O–H groups in total. The van der Waals surface area contributed by atoms with Crippen LogP contribution in [0, 0.1) is 0 Å². The zero-order valence-electron chi connectivity index (χ0n) is 3.32. The van der Waals surface area contributed by atoms with Gasteiger partial charge in [0.05, 0.1) is 0 Å². The minimum atomic E-state index is 0. The summed E-state index contributed by atoms with van der Waals surface area (Å²) in [7, 11) is 0. The van der Waals surface area contributed by atoms with Crippen LogP contribution in [0.4, 0.5) is 0 Å². The van der Waals surface area contributed by atoms with Crippen LogP contribution in [-0.2, 0) is 16.5 Å². The van der Waals surface area contributed by atoms with E-state index in [4.69, 9.17) is 0 Å². The second-order valence-electron chi connectivity index (χ2n) is 0. The number of hydrogen-bond acceptors (Lipinski definition) is 0. The molecule has 0 amide bonds. The number of hydrogen-bond donors (Lipinski definition) is 0. The molecule has 0 fully saturated rings. The summed E-state index contributed by atoms with van der Waals surface area (Å²) in [6.45, 7) is 0. The molecule has 0 saturated carbocycles. The van der Waals surface area contributed by atoms with E-state index < -0.39 is 0 Å². The van der Waals surface area contributed by atoms with Crippen LogP contribution in [0.5, 0.6) is 0 Å². The van der Waals surface area contributed by atoms with Crippen molar-refractivity contribution < 1.29 is 80.3 Å². The van der Waals surface area contributed by atoms with Crippen LogP contribution in [0.1, 0.15) is 1.43 Å². The van der Waals surface area contributed by atoms with E-state index in [0.29, 0.717) is 0 Å². The van der Waals surface area contributed by atoms with Gasteiger partial charge < -0.3 is 12.4 Å². The van der Waals surface area contributed by atoms with Crippen LogP contribution in [-0.4, -0.2) is 11.0 Å². The van der Waals surface area contributed by atoms with E-state index in [2.05, 4.69) is 0 Å². The van der Waals surface area contributed by atoms with E-state index in [1.807, 2.05) is 0 Å². The average molecular weight is 135 g/mol. The fraction of sp³-hybridized carbons (Fsp3) is 0. The topological polar surface area (TPSA) is 63.0 Å². The third kappa shape index (κ3) is 8.97. The Labute approximate surface area is 78.8 Å². The molecule has 0 bridgehead atoms. The molecule has 0 unspecified atom stereocenters. The van der Waals surface area contributed by atoms with E-state index >= 15 is 0 Å². The summed E-state index contributed by atoms with van der Waals surface area (Å²) in [6, 6.07) is 0. The molecule has 4 heteroatoms. The summed E-state index contributed by atoms with van der Waals surface area (Å²) < 4.78 is 0. The molecule has 4 heavy (non-hydrogen) atoms. The maximum Gasteiger partial charge on any atom is 1.00 e. The molecule has 0 aliphatic rings. The van der Waals surface area contributed by atoms with Crippen molar-refractivity contribution in [2.45, 2.75) is 0 Å². The Morgan fingerprint density at radius 1 is 1.00 bits per heavy atom. The minimum absolute atomic E-state index is 0. The molecule has 0 radical (unpaired) electrons. The van der Waals surface area contributed by atoms with Crippen LogP contribution in [0.15, 0.2) is 0 Å². The fourth-order valence-corrected chi connectivity index (χ4v) is 0. The minimum Gasteiger partial charge on any atom is -1.00 e. The van der Waals surface area contributed by atoms with Crippen molar-refractivity contribution in [2.75, 3.05) is 0 Å². The third-order valence-corrected chi connectivity index (χ3v) is 0. The molecule has 0 spiro atoms. The van der Waals surface area contributed by atoms with Crippen LogP contribution in [0.25, 0.3) is 0 Å². The molecule has 28 valence electrons. The molecule has 0 aliphatic heterocycles. The SMILES string of the molecule is O.O.[H-].[K+].[Ni]. The van der Waals surface area contributed by atoms with E-state index in [-0.39, 0.29) is 80.3 Å². The predicted molar refractivity (Wildman–Crippen MR) is 8.34 cm³/mol. The van der Waals surface area contributed by atoms with Gasteiger partial charge in [-0.1, -0.05) is 0 Å². The van der Waals surface area contributed by atoms with E-state index in [1.54, 1.807) is 0 Å². The Hall–Kier alpha value is 2.05. The monoisotopic (exact) mass is 134 g/mol. The molecular weight excluding hydrogens is 130 g/mol. The molecule has 0 aromatic heterocycles. The van der Waals surface area contributed by atoms with Gasteiger partial charge in [-0.3, -0.25) is 0 Å². The summed E-state index contributed by atoms with van der Waals surface area (Å²) in [4.78, 5) is 0. The summed E-state index contributed by atoms with van der Waals surface area (Å²) in [6.07, 6.45) is 0. The van der Waals surface area contributed by atoms with Crippen molar-refractivity contribution in [2.24, 2.45) is 0 Å². The fourth-order valence-electron chi connectivity index (χ4n) is 0. The maximum absolute atomic E-state index is 0. The smallest absolute Gasteiger partial charge is 1.00 e. The zero-order valence-corrected chi connectivity index (χ0v) is 6.43. The van der Waals surface area contributed by atoms with Gasteiger partial charge in [-0.2, -0.15) is 0 Å². The first kappa shape index (κ1) is 36.7. The first-order valence-electron chi connectivity index (χ1n) is 0. The van der Waals surface area contributed by atoms with E-state index in [9.17, 15) is 0 Å². The van der Waals surface area contributed by atoms with Crippen molar-refractivity contribution in [3.63, 3.8) is 0 Å². The molecule has 0 aromatic carbocycles. The van der Waals surface area contributed by atoms with E-state index in [1.165, 1.54) is 0 Å². The first-order chi connectivity index (χ1) is 0. The Morgan fingerprint density at radius 3 is 1.00 bits per heavy atom. The van der Waals surface area contributed by atoms with Crippen molar-refractivity contribution in [3.05, 3.63) is 0 Å². The largest absolute Gasteiger partial charge is 1.00 e. The summed E-state index contributed by atoms with van der Waals surface area (Å²) >= 11 is 0. The summed E-state index contributed by atoms with van der Waals surface area (Å²) in [5.41, 5.74) is 0. The van der Waals surface area contributed by atoms with Gasteiger partial charge in [-0.25, -0.2) is 0 Å². The second kappa shape index (κ2) is 19.7. The standard InChI is InChI=1S/K.Ni.2H2O.H/h;;2*1H2;/q+1;;;;-1. The van der Waals surface area contributed by atoms with Crippen LogP contribution < -0.4 is 51.4 Å². The van der Waals surface area contributed by atoms with Crippen LogP contribution in [0.2, 0.25) is 0 Å². The van der Waals surface area contributed by atoms with Gasteiger partial charge in [0.15, 0.2) is 0 Å². The van der Waals surface area contributed by atoms with Gasteiger partial charge in [0.1, 0.15) is 0 Å². The second-order valence-corrected chi connectivity index (χ2v) is 0. The van der Waals surface area contributed by atoms with E-state index in [0.717, 1.165) is 0 Å². The van der Waals surface area contributed by atoms with Crippen LogP contribution >= 0.6 is 0 Å². The van der Waals surface area contributed by atoms with Gasteiger partial charge in [0, 0.05) is 16.5 Å². The van der Waals surface area contributed by atoms with Crippen molar-refractivity contribution >= 4 is 0 Å². The van der Waals surface area contributed by atoms with Crippen molar-refractivity contribution in [1.82, 2.24) is 0 Å². The van der Waals surface area contributed by atoms with Gasteiger partial charge in [-0.15, -0.1) is 0 Å². The average Bonchev–Trinajstić information content (AvgIpc) is 0. The molecule has 0 aliphatic carbocycles. The van der Waals surface area contributed by atoms with Gasteiger partial charge in [0.25, 0.3) is 0 Å². The molecular formula is H5KNiO2. The van der Waals surface area contributed by atoms with Crippen LogP contribution in [0.3, 0.4) is 0 Å². The Kier molecular flexibility index (Phi) is 181. The predicted octanol–water partition coefficient (Wildman–Crippen LogP) is -4.54. The number of rotatable bonds is 0. The van der Waals surface area contributed by atoms with Gasteiger partial charge in [0.2, 0.25) is 0 Å². The molecule has 0 aromatic rings. The Morgan fingerprint density at radius 2 is 1.00 bits per heavy atom. The normalized spacial score (nSPS) is 0. The molecule has 0 rings (SSSR count). The molecule has 0 atom stereocenters. The summed E-state index contributed by atoms with van der Waals surface area (Å²) in [5.74, 6) is 0. The first-order valence-corrected chi connectivity index (χ1v) is 0. The summed E-state index contributed by atoms with van der Waals surface area (Å²) in [5, 5.41) is 0. The Bertz CT molecular complexity index is 9.61. The Balaban J connectivity index is 0. The third-order valence-electron chi connectivity index (χ3n) is 0. The maximum atomic E-state index is 0. The molecule has 2 nitrogen and oxygen atoms in total. The van der Waals surface area contributed by atoms with Gasteiger partial charge >= 0.3 is 51.4 Å². The molecule has 0 heterocycles. The molecule has 0 saturated heterocycles. The quantitative estimate of drug-likeness (QED) is 0.300. The van der Waals surface area contributed by atoms with Gasteiger partial charge in [-0.05, 0) is 0 Å². The van der Waals surface area contributed by atoms with Crippen molar-refractivity contribution in [3.8, 4) is 0 Å². The van der Waals surface area contributed by atoms with Crippen molar-refractivity contribution in [1.29, 1.82) is 0 Å².